The van der Waals surface area contributed by atoms with Crippen molar-refractivity contribution in [2.75, 3.05) is 0 Å². The fourth-order valence-corrected chi connectivity index (χ4v) is 1.92. The number of hydrogen-bond donors (Lipinski definition) is 2. The summed E-state index contributed by atoms with van der Waals surface area (Å²) in [6.07, 6.45) is 1.14. The molecule has 0 atom stereocenters. The van der Waals surface area contributed by atoms with E-state index < -0.39 is 0 Å². The molecule has 0 aliphatic heterocycles. The van der Waals surface area contributed by atoms with Crippen LogP contribution in [0.3, 0.4) is 0 Å². The standard InChI is InChI=1S/C17H19NO2/c1-13-2-4-15(5-3-13)12-18-17(20)11-8-14-6-9-16(19)10-7-14/h2-7,9-10,19H,8,11-12H2,1H3,(H,18,20). The molecule has 0 fully saturated rings. The van der Waals surface area contributed by atoms with Gasteiger partial charge in [-0.15, -0.1) is 0 Å². The van der Waals surface area contributed by atoms with Gasteiger partial charge in [0.1, 0.15) is 5.75 Å². The maximum atomic E-state index is 11.8. The molecule has 0 aromatic heterocycles. The van der Waals surface area contributed by atoms with Gasteiger partial charge >= 0.3 is 0 Å². The number of benzene rings is 2. The van der Waals surface area contributed by atoms with Crippen LogP contribution in [0.15, 0.2) is 48.5 Å². The number of amides is 1. The number of rotatable bonds is 5. The fourth-order valence-electron chi connectivity index (χ4n) is 1.92. The second-order valence-electron chi connectivity index (χ2n) is 4.93. The summed E-state index contributed by atoms with van der Waals surface area (Å²) >= 11 is 0. The van der Waals surface area contributed by atoms with Gasteiger partial charge in [0.05, 0.1) is 0 Å². The van der Waals surface area contributed by atoms with Gasteiger partial charge in [0.25, 0.3) is 0 Å². The third kappa shape index (κ3) is 4.43. The smallest absolute Gasteiger partial charge is 0.220 e. The first kappa shape index (κ1) is 14.1. The van der Waals surface area contributed by atoms with Crippen molar-refractivity contribution in [3.63, 3.8) is 0 Å². The van der Waals surface area contributed by atoms with Crippen LogP contribution in [0.4, 0.5) is 0 Å². The van der Waals surface area contributed by atoms with E-state index in [0.717, 1.165) is 11.1 Å². The van der Waals surface area contributed by atoms with Crippen LogP contribution < -0.4 is 5.32 Å². The number of phenols is 1. The van der Waals surface area contributed by atoms with E-state index in [-0.39, 0.29) is 11.7 Å². The first-order valence-electron chi connectivity index (χ1n) is 6.73. The van der Waals surface area contributed by atoms with E-state index in [9.17, 15) is 9.90 Å². The summed E-state index contributed by atoms with van der Waals surface area (Å²) in [5.74, 6) is 0.288. The molecule has 0 aliphatic rings. The predicted molar refractivity (Wildman–Crippen MR) is 79.5 cm³/mol. The molecule has 2 aromatic rings. The molecule has 0 saturated carbocycles. The first-order chi connectivity index (χ1) is 9.63. The molecule has 0 spiro atoms. The molecule has 0 heterocycles. The van der Waals surface area contributed by atoms with Crippen LogP contribution in [0.2, 0.25) is 0 Å². The molecule has 3 nitrogen and oxygen atoms in total. The van der Waals surface area contributed by atoms with E-state index in [4.69, 9.17) is 0 Å². The number of carbonyl (C=O) groups is 1. The van der Waals surface area contributed by atoms with E-state index >= 15 is 0 Å². The minimum Gasteiger partial charge on any atom is -0.508 e. The Bertz CT molecular complexity index is 507. The topological polar surface area (TPSA) is 49.3 Å². The monoisotopic (exact) mass is 269 g/mol. The van der Waals surface area contributed by atoms with Gasteiger partial charge in [-0.05, 0) is 36.6 Å². The number of aromatic hydroxyl groups is 1. The highest BCUT2D eigenvalue weighted by atomic mass is 16.3. The van der Waals surface area contributed by atoms with E-state index in [1.807, 2.05) is 43.3 Å². The van der Waals surface area contributed by atoms with Gasteiger partial charge in [-0.2, -0.15) is 0 Å². The Morgan fingerprint density at radius 3 is 2.25 bits per heavy atom. The quantitative estimate of drug-likeness (QED) is 0.876. The molecular formula is C17H19NO2. The van der Waals surface area contributed by atoms with Gasteiger partial charge in [0.15, 0.2) is 0 Å². The van der Waals surface area contributed by atoms with E-state index in [2.05, 4.69) is 5.32 Å². The van der Waals surface area contributed by atoms with Crippen molar-refractivity contribution in [2.24, 2.45) is 0 Å². The maximum absolute atomic E-state index is 11.8. The molecule has 20 heavy (non-hydrogen) atoms. The zero-order chi connectivity index (χ0) is 14.4. The summed E-state index contributed by atoms with van der Waals surface area (Å²) in [6.45, 7) is 2.61. The fraction of sp³-hybridized carbons (Fsp3) is 0.235. The van der Waals surface area contributed by atoms with Crippen molar-refractivity contribution in [2.45, 2.75) is 26.3 Å². The van der Waals surface area contributed by atoms with Crippen LogP contribution in [0.5, 0.6) is 5.75 Å². The molecule has 2 rings (SSSR count). The number of hydrogen-bond acceptors (Lipinski definition) is 2. The summed E-state index contributed by atoms with van der Waals surface area (Å²) in [4.78, 5) is 11.8. The Morgan fingerprint density at radius 1 is 1.00 bits per heavy atom. The lowest BCUT2D eigenvalue weighted by Crippen LogP contribution is -2.22. The average Bonchev–Trinajstić information content (AvgIpc) is 2.46. The molecule has 2 aromatic carbocycles. The van der Waals surface area contributed by atoms with Crippen molar-refractivity contribution in [1.82, 2.24) is 5.32 Å². The van der Waals surface area contributed by atoms with Gasteiger partial charge in [-0.25, -0.2) is 0 Å². The molecule has 2 N–H and O–H groups in total. The molecule has 3 heteroatoms. The number of nitrogens with one attached hydrogen (secondary N) is 1. The van der Waals surface area contributed by atoms with Crippen molar-refractivity contribution < 1.29 is 9.90 Å². The Kier molecular flexibility index (Phi) is 4.77. The third-order valence-electron chi connectivity index (χ3n) is 3.19. The Morgan fingerprint density at radius 2 is 1.60 bits per heavy atom. The van der Waals surface area contributed by atoms with Crippen LogP contribution >= 0.6 is 0 Å². The highest BCUT2D eigenvalue weighted by Gasteiger charge is 2.02. The summed E-state index contributed by atoms with van der Waals surface area (Å²) in [5, 5.41) is 12.1. The molecule has 0 radical (unpaired) electrons. The largest absolute Gasteiger partial charge is 0.508 e. The van der Waals surface area contributed by atoms with Gasteiger partial charge in [0.2, 0.25) is 5.91 Å². The second kappa shape index (κ2) is 6.75. The van der Waals surface area contributed by atoms with Gasteiger partial charge in [0, 0.05) is 13.0 Å². The maximum Gasteiger partial charge on any atom is 0.220 e. The minimum absolute atomic E-state index is 0.0404. The highest BCUT2D eigenvalue weighted by molar-refractivity contribution is 5.76. The number of phenolic OH excluding ortho intramolecular Hbond substituents is 1. The van der Waals surface area contributed by atoms with Gasteiger partial charge in [-0.3, -0.25) is 4.79 Å². The molecule has 104 valence electrons. The highest BCUT2D eigenvalue weighted by Crippen LogP contribution is 2.11. The van der Waals surface area contributed by atoms with Crippen molar-refractivity contribution in [1.29, 1.82) is 0 Å². The van der Waals surface area contributed by atoms with Crippen molar-refractivity contribution >= 4 is 5.91 Å². The predicted octanol–water partition coefficient (Wildman–Crippen LogP) is 2.95. The van der Waals surface area contributed by atoms with Gasteiger partial charge in [-0.1, -0.05) is 42.0 Å². The second-order valence-corrected chi connectivity index (χ2v) is 4.93. The van der Waals surface area contributed by atoms with Crippen LogP contribution in [0.25, 0.3) is 0 Å². The van der Waals surface area contributed by atoms with E-state index in [1.165, 1.54) is 5.56 Å². The zero-order valence-electron chi connectivity index (χ0n) is 11.6. The van der Waals surface area contributed by atoms with Crippen LogP contribution in [-0.2, 0) is 17.8 Å². The first-order valence-corrected chi connectivity index (χ1v) is 6.73. The Hall–Kier alpha value is -2.29. The lowest BCUT2D eigenvalue weighted by molar-refractivity contribution is -0.121. The SMILES string of the molecule is Cc1ccc(CNC(=O)CCc2ccc(O)cc2)cc1. The molecule has 0 bridgehead atoms. The molecule has 0 aliphatic carbocycles. The minimum atomic E-state index is 0.0404. The van der Waals surface area contributed by atoms with Crippen LogP contribution in [0, 0.1) is 6.92 Å². The zero-order valence-corrected chi connectivity index (χ0v) is 11.6. The number of aryl methyl sites for hydroxylation is 2. The summed E-state index contributed by atoms with van der Waals surface area (Å²) < 4.78 is 0. The van der Waals surface area contributed by atoms with E-state index in [0.29, 0.717) is 19.4 Å². The molecule has 0 saturated heterocycles. The summed E-state index contributed by atoms with van der Waals surface area (Å²) in [6, 6.07) is 15.1. The van der Waals surface area contributed by atoms with E-state index in [1.54, 1.807) is 12.1 Å². The van der Waals surface area contributed by atoms with Crippen molar-refractivity contribution in [3.05, 3.63) is 65.2 Å². The average molecular weight is 269 g/mol. The van der Waals surface area contributed by atoms with Crippen LogP contribution in [0.1, 0.15) is 23.1 Å². The lowest BCUT2D eigenvalue weighted by atomic mass is 10.1. The molecule has 1 amide bonds. The number of carbonyl (C=O) groups excluding carboxylic acids is 1. The lowest BCUT2D eigenvalue weighted by Gasteiger charge is -2.06. The Labute approximate surface area is 119 Å². The third-order valence-corrected chi connectivity index (χ3v) is 3.19. The summed E-state index contributed by atoms with van der Waals surface area (Å²) in [7, 11) is 0. The Balaban J connectivity index is 1.75. The summed E-state index contributed by atoms with van der Waals surface area (Å²) in [5.41, 5.74) is 3.37. The van der Waals surface area contributed by atoms with Gasteiger partial charge < -0.3 is 10.4 Å². The normalized spacial score (nSPS) is 10.2. The van der Waals surface area contributed by atoms with Crippen molar-refractivity contribution in [3.8, 4) is 5.75 Å². The molecule has 0 unspecified atom stereocenters. The molecular weight excluding hydrogens is 250 g/mol. The van der Waals surface area contributed by atoms with Crippen LogP contribution in [-0.4, -0.2) is 11.0 Å².